The first-order valence-electron chi connectivity index (χ1n) is 7.72. The minimum atomic E-state index is -0.0552. The Morgan fingerprint density at radius 2 is 2.05 bits per heavy atom. The molecular weight excluding hydrogens is 278 g/mol. The van der Waals surface area contributed by atoms with Gasteiger partial charge in [0.2, 0.25) is 0 Å². The summed E-state index contributed by atoms with van der Waals surface area (Å²) in [5.41, 5.74) is 1.38. The van der Waals surface area contributed by atoms with Crippen LogP contribution in [0.5, 0.6) is 0 Å². The lowest BCUT2D eigenvalue weighted by Gasteiger charge is -2.37. The van der Waals surface area contributed by atoms with Crippen LogP contribution in [0.4, 0.5) is 0 Å². The fourth-order valence-electron chi connectivity index (χ4n) is 2.92. The molecule has 3 rings (SSSR count). The summed E-state index contributed by atoms with van der Waals surface area (Å²) in [6, 6.07) is 11.7. The fraction of sp³-hybridized carbons (Fsp3) is 0.412. The Morgan fingerprint density at radius 1 is 1.27 bits per heavy atom. The van der Waals surface area contributed by atoms with Gasteiger partial charge in [0.05, 0.1) is 5.69 Å². The van der Waals surface area contributed by atoms with Crippen LogP contribution in [0.25, 0.3) is 5.69 Å². The molecule has 2 atom stereocenters. The summed E-state index contributed by atoms with van der Waals surface area (Å²) in [6.45, 7) is 2.79. The smallest absolute Gasteiger partial charge is 0.274 e. The summed E-state index contributed by atoms with van der Waals surface area (Å²) < 4.78 is 1.71. The second kappa shape index (κ2) is 6.32. The van der Waals surface area contributed by atoms with E-state index in [4.69, 9.17) is 0 Å². The molecule has 1 aliphatic heterocycles. The molecule has 1 amide bonds. The molecule has 1 aromatic carbocycles. The van der Waals surface area contributed by atoms with Crippen LogP contribution in [-0.2, 0) is 0 Å². The zero-order valence-electron chi connectivity index (χ0n) is 12.7. The van der Waals surface area contributed by atoms with Crippen molar-refractivity contribution in [1.29, 1.82) is 0 Å². The van der Waals surface area contributed by atoms with E-state index in [1.54, 1.807) is 16.9 Å². The lowest BCUT2D eigenvalue weighted by atomic mass is 9.94. The van der Waals surface area contributed by atoms with E-state index in [2.05, 4.69) is 12.0 Å². The summed E-state index contributed by atoms with van der Waals surface area (Å²) in [4.78, 5) is 14.5. The van der Waals surface area contributed by atoms with Crippen molar-refractivity contribution in [3.63, 3.8) is 0 Å². The zero-order valence-corrected chi connectivity index (χ0v) is 12.7. The number of carbonyl (C=O) groups is 1. The summed E-state index contributed by atoms with van der Waals surface area (Å²) in [6.07, 6.45) is 3.71. The van der Waals surface area contributed by atoms with Crippen LogP contribution in [0.3, 0.4) is 0 Å². The average Bonchev–Trinajstić information content (AvgIpc) is 3.05. The highest BCUT2D eigenvalue weighted by Crippen LogP contribution is 2.23. The number of carbonyl (C=O) groups excluding carboxylic acids is 1. The predicted molar refractivity (Wildman–Crippen MR) is 83.9 cm³/mol. The molecule has 1 saturated heterocycles. The first-order valence-corrected chi connectivity index (χ1v) is 7.72. The number of nitrogens with zero attached hydrogens (tertiary/aromatic N) is 3. The Hall–Kier alpha value is -2.14. The van der Waals surface area contributed by atoms with Crippen molar-refractivity contribution in [2.45, 2.75) is 25.8 Å². The molecular formula is C17H21N3O2. The number of aromatic nitrogens is 2. The number of aliphatic hydroxyl groups excluding tert-OH is 1. The summed E-state index contributed by atoms with van der Waals surface area (Å²) in [5.74, 6) is 0.122. The fourth-order valence-corrected chi connectivity index (χ4v) is 2.92. The van der Waals surface area contributed by atoms with Crippen molar-refractivity contribution in [2.24, 2.45) is 5.92 Å². The summed E-state index contributed by atoms with van der Waals surface area (Å²) in [7, 11) is 0. The van der Waals surface area contributed by atoms with Gasteiger partial charge in [-0.25, -0.2) is 4.68 Å². The Labute approximate surface area is 130 Å². The molecule has 1 aliphatic rings. The number of hydrogen-bond acceptors (Lipinski definition) is 3. The third-order valence-corrected chi connectivity index (χ3v) is 4.33. The van der Waals surface area contributed by atoms with Gasteiger partial charge in [0, 0.05) is 25.4 Å². The monoisotopic (exact) mass is 299 g/mol. The zero-order chi connectivity index (χ0) is 15.5. The number of benzene rings is 1. The molecule has 22 heavy (non-hydrogen) atoms. The molecule has 0 saturated carbocycles. The second-order valence-electron chi connectivity index (χ2n) is 5.91. The van der Waals surface area contributed by atoms with Gasteiger partial charge in [0.25, 0.3) is 5.91 Å². The van der Waals surface area contributed by atoms with Gasteiger partial charge < -0.3 is 10.0 Å². The van der Waals surface area contributed by atoms with Crippen molar-refractivity contribution in [3.8, 4) is 5.69 Å². The van der Waals surface area contributed by atoms with E-state index in [1.165, 1.54) is 0 Å². The number of amides is 1. The molecule has 2 aromatic rings. The van der Waals surface area contributed by atoms with E-state index in [0.29, 0.717) is 12.2 Å². The van der Waals surface area contributed by atoms with E-state index >= 15 is 0 Å². The lowest BCUT2D eigenvalue weighted by molar-refractivity contribution is 0.0483. The van der Waals surface area contributed by atoms with E-state index in [-0.39, 0.29) is 24.5 Å². The molecule has 2 unspecified atom stereocenters. The van der Waals surface area contributed by atoms with Gasteiger partial charge in [-0.1, -0.05) is 18.2 Å². The molecule has 0 radical (unpaired) electrons. The van der Waals surface area contributed by atoms with Crippen molar-refractivity contribution < 1.29 is 9.90 Å². The number of likely N-dealkylation sites (tertiary alicyclic amines) is 1. The van der Waals surface area contributed by atoms with Crippen molar-refractivity contribution >= 4 is 5.91 Å². The maximum atomic E-state index is 12.7. The highest BCUT2D eigenvalue weighted by atomic mass is 16.3. The third kappa shape index (κ3) is 2.90. The number of hydrogen-bond donors (Lipinski definition) is 1. The number of aliphatic hydroxyl groups is 1. The molecule has 1 N–H and O–H groups in total. The molecule has 116 valence electrons. The van der Waals surface area contributed by atoms with Gasteiger partial charge in [0.1, 0.15) is 0 Å². The molecule has 1 aromatic heterocycles. The Bertz CT molecular complexity index is 638. The molecule has 0 spiro atoms. The van der Waals surface area contributed by atoms with Gasteiger partial charge in [-0.15, -0.1) is 0 Å². The van der Waals surface area contributed by atoms with Crippen LogP contribution in [0.2, 0.25) is 0 Å². The Balaban J connectivity index is 1.79. The third-order valence-electron chi connectivity index (χ3n) is 4.33. The highest BCUT2D eigenvalue weighted by Gasteiger charge is 2.30. The standard InChI is InChI=1S/C17H21N3O2/c1-13-7-8-14(12-21)11-19(13)17(22)16-9-10-20(18-16)15-5-3-2-4-6-15/h2-6,9-10,13-14,21H,7-8,11-12H2,1H3. The number of rotatable bonds is 3. The minimum Gasteiger partial charge on any atom is -0.396 e. The van der Waals surface area contributed by atoms with Crippen molar-refractivity contribution in [2.75, 3.05) is 13.2 Å². The summed E-state index contributed by atoms with van der Waals surface area (Å²) in [5, 5.41) is 13.7. The normalized spacial score (nSPS) is 21.8. The van der Waals surface area contributed by atoms with E-state index in [9.17, 15) is 9.90 Å². The van der Waals surface area contributed by atoms with E-state index in [1.807, 2.05) is 35.2 Å². The molecule has 5 nitrogen and oxygen atoms in total. The number of piperidine rings is 1. The van der Waals surface area contributed by atoms with Crippen LogP contribution >= 0.6 is 0 Å². The Morgan fingerprint density at radius 3 is 2.77 bits per heavy atom. The van der Waals surface area contributed by atoms with Crippen LogP contribution < -0.4 is 0 Å². The van der Waals surface area contributed by atoms with Gasteiger partial charge in [-0.05, 0) is 43.9 Å². The van der Waals surface area contributed by atoms with Crippen LogP contribution in [0.15, 0.2) is 42.6 Å². The lowest BCUT2D eigenvalue weighted by Crippen LogP contribution is -2.46. The van der Waals surface area contributed by atoms with Crippen LogP contribution in [-0.4, -0.2) is 44.9 Å². The first-order chi connectivity index (χ1) is 10.7. The van der Waals surface area contributed by atoms with Crippen molar-refractivity contribution in [3.05, 3.63) is 48.3 Å². The predicted octanol–water partition coefficient (Wildman–Crippen LogP) is 2.11. The maximum absolute atomic E-state index is 12.7. The molecule has 5 heteroatoms. The molecule has 1 fully saturated rings. The summed E-state index contributed by atoms with van der Waals surface area (Å²) >= 11 is 0. The van der Waals surface area contributed by atoms with Crippen LogP contribution in [0, 0.1) is 5.92 Å². The topological polar surface area (TPSA) is 58.4 Å². The van der Waals surface area contributed by atoms with Gasteiger partial charge in [0.15, 0.2) is 5.69 Å². The quantitative estimate of drug-likeness (QED) is 0.944. The molecule has 0 aliphatic carbocycles. The molecule has 2 heterocycles. The van der Waals surface area contributed by atoms with Crippen LogP contribution in [0.1, 0.15) is 30.3 Å². The van der Waals surface area contributed by atoms with Gasteiger partial charge >= 0.3 is 0 Å². The average molecular weight is 299 g/mol. The minimum absolute atomic E-state index is 0.0552. The van der Waals surface area contributed by atoms with E-state index in [0.717, 1.165) is 18.5 Å². The van der Waals surface area contributed by atoms with E-state index < -0.39 is 0 Å². The Kier molecular flexibility index (Phi) is 4.24. The SMILES string of the molecule is CC1CCC(CO)CN1C(=O)c1ccn(-c2ccccc2)n1. The first kappa shape index (κ1) is 14.8. The maximum Gasteiger partial charge on any atom is 0.274 e. The largest absolute Gasteiger partial charge is 0.396 e. The van der Waals surface area contributed by atoms with Crippen molar-refractivity contribution in [1.82, 2.24) is 14.7 Å². The van der Waals surface area contributed by atoms with Gasteiger partial charge in [-0.3, -0.25) is 4.79 Å². The highest BCUT2D eigenvalue weighted by molar-refractivity contribution is 5.92. The second-order valence-corrected chi connectivity index (χ2v) is 5.91. The number of para-hydroxylation sites is 1. The molecule has 0 bridgehead atoms. The van der Waals surface area contributed by atoms with Gasteiger partial charge in [-0.2, -0.15) is 5.10 Å².